The van der Waals surface area contributed by atoms with E-state index in [1.54, 1.807) is 0 Å². The number of rotatable bonds is 1. The van der Waals surface area contributed by atoms with Gasteiger partial charge in [0.1, 0.15) is 0 Å². The van der Waals surface area contributed by atoms with Crippen LogP contribution in [-0.4, -0.2) is 11.1 Å². The van der Waals surface area contributed by atoms with Crippen molar-refractivity contribution in [2.24, 2.45) is 0 Å². The van der Waals surface area contributed by atoms with E-state index in [0.29, 0.717) is 0 Å². The SMILES string of the molecule is CCc1c2n(c3ccc(C)cc13)CCNC2. The van der Waals surface area contributed by atoms with Crippen LogP contribution in [0.1, 0.15) is 23.7 Å². The molecule has 0 radical (unpaired) electrons. The van der Waals surface area contributed by atoms with Crippen LogP contribution in [0.3, 0.4) is 0 Å². The summed E-state index contributed by atoms with van der Waals surface area (Å²) >= 11 is 0. The Bertz CT molecular complexity index is 537. The van der Waals surface area contributed by atoms with E-state index in [4.69, 9.17) is 0 Å². The van der Waals surface area contributed by atoms with Gasteiger partial charge in [-0.05, 0) is 31.0 Å². The zero-order chi connectivity index (χ0) is 11.1. The fourth-order valence-corrected chi connectivity index (χ4v) is 2.84. The highest BCUT2D eigenvalue weighted by Crippen LogP contribution is 2.28. The molecule has 1 aromatic carbocycles. The van der Waals surface area contributed by atoms with Gasteiger partial charge in [-0.1, -0.05) is 18.6 Å². The Kier molecular flexibility index (Phi) is 2.25. The van der Waals surface area contributed by atoms with Crippen molar-refractivity contribution in [2.75, 3.05) is 6.54 Å². The summed E-state index contributed by atoms with van der Waals surface area (Å²) in [4.78, 5) is 0. The number of aromatic nitrogens is 1. The topological polar surface area (TPSA) is 17.0 Å². The molecular formula is C14H18N2. The molecule has 2 heterocycles. The van der Waals surface area contributed by atoms with Crippen molar-refractivity contribution in [2.45, 2.75) is 33.4 Å². The molecule has 0 bridgehead atoms. The van der Waals surface area contributed by atoms with Gasteiger partial charge in [-0.3, -0.25) is 0 Å². The number of aryl methyl sites for hydroxylation is 2. The number of hydrogen-bond acceptors (Lipinski definition) is 1. The molecule has 0 unspecified atom stereocenters. The highest BCUT2D eigenvalue weighted by atomic mass is 15.1. The second-order valence-corrected chi connectivity index (χ2v) is 4.63. The fraction of sp³-hybridized carbons (Fsp3) is 0.429. The van der Waals surface area contributed by atoms with E-state index in [1.165, 1.54) is 27.7 Å². The maximum Gasteiger partial charge on any atom is 0.0486 e. The number of fused-ring (bicyclic) bond motifs is 3. The lowest BCUT2D eigenvalue weighted by atomic mass is 10.1. The second kappa shape index (κ2) is 3.63. The minimum absolute atomic E-state index is 1.02. The van der Waals surface area contributed by atoms with Crippen LogP contribution in [0.15, 0.2) is 18.2 Å². The minimum Gasteiger partial charge on any atom is -0.342 e. The van der Waals surface area contributed by atoms with Crippen molar-refractivity contribution < 1.29 is 0 Å². The van der Waals surface area contributed by atoms with Gasteiger partial charge in [0.2, 0.25) is 0 Å². The quantitative estimate of drug-likeness (QED) is 0.772. The number of nitrogens with one attached hydrogen (secondary N) is 1. The molecule has 2 heteroatoms. The highest BCUT2D eigenvalue weighted by Gasteiger charge is 2.17. The molecule has 3 rings (SSSR count). The van der Waals surface area contributed by atoms with Crippen LogP contribution in [-0.2, 0) is 19.5 Å². The third kappa shape index (κ3) is 1.30. The summed E-state index contributed by atoms with van der Waals surface area (Å²) in [6.07, 6.45) is 1.13. The van der Waals surface area contributed by atoms with E-state index in [0.717, 1.165) is 26.1 Å². The van der Waals surface area contributed by atoms with Crippen molar-refractivity contribution in [3.05, 3.63) is 35.0 Å². The molecule has 0 amide bonds. The number of hydrogen-bond donors (Lipinski definition) is 1. The maximum atomic E-state index is 3.47. The number of benzene rings is 1. The van der Waals surface area contributed by atoms with Crippen LogP contribution in [0.4, 0.5) is 0 Å². The summed E-state index contributed by atoms with van der Waals surface area (Å²) in [6, 6.07) is 6.83. The van der Waals surface area contributed by atoms with Crippen LogP contribution in [0, 0.1) is 6.92 Å². The van der Waals surface area contributed by atoms with Gasteiger partial charge in [0.05, 0.1) is 0 Å². The summed E-state index contributed by atoms with van der Waals surface area (Å²) in [5.74, 6) is 0. The van der Waals surface area contributed by atoms with Crippen molar-refractivity contribution in [1.82, 2.24) is 9.88 Å². The summed E-state index contributed by atoms with van der Waals surface area (Å²) in [6.45, 7) is 7.65. The maximum absolute atomic E-state index is 3.47. The Balaban J connectivity index is 2.37. The highest BCUT2D eigenvalue weighted by molar-refractivity contribution is 5.86. The molecule has 1 aliphatic rings. The Hall–Kier alpha value is -1.28. The molecule has 84 valence electrons. The lowest BCUT2D eigenvalue weighted by Crippen LogP contribution is -2.28. The molecule has 1 N–H and O–H groups in total. The average Bonchev–Trinajstić information content (AvgIpc) is 2.61. The molecule has 1 aromatic heterocycles. The van der Waals surface area contributed by atoms with Gasteiger partial charge in [-0.2, -0.15) is 0 Å². The first-order valence-corrected chi connectivity index (χ1v) is 6.12. The second-order valence-electron chi connectivity index (χ2n) is 4.63. The van der Waals surface area contributed by atoms with Crippen LogP contribution in [0.25, 0.3) is 10.9 Å². The van der Waals surface area contributed by atoms with E-state index >= 15 is 0 Å². The molecule has 0 saturated carbocycles. The van der Waals surface area contributed by atoms with Crippen molar-refractivity contribution in [1.29, 1.82) is 0 Å². The van der Waals surface area contributed by atoms with Gasteiger partial charge >= 0.3 is 0 Å². The van der Waals surface area contributed by atoms with Gasteiger partial charge in [-0.15, -0.1) is 0 Å². The largest absolute Gasteiger partial charge is 0.342 e. The molecule has 2 nitrogen and oxygen atoms in total. The van der Waals surface area contributed by atoms with Crippen LogP contribution >= 0.6 is 0 Å². The first kappa shape index (κ1) is 9.91. The monoisotopic (exact) mass is 214 g/mol. The average molecular weight is 214 g/mol. The summed E-state index contributed by atoms with van der Waals surface area (Å²) in [5.41, 5.74) is 5.80. The summed E-state index contributed by atoms with van der Waals surface area (Å²) in [7, 11) is 0. The normalized spacial score (nSPS) is 15.4. The number of nitrogens with zero attached hydrogens (tertiary/aromatic N) is 1. The molecular weight excluding hydrogens is 196 g/mol. The molecule has 0 fully saturated rings. The van der Waals surface area contributed by atoms with E-state index < -0.39 is 0 Å². The zero-order valence-electron chi connectivity index (χ0n) is 10.0. The van der Waals surface area contributed by atoms with E-state index in [9.17, 15) is 0 Å². The first-order chi connectivity index (χ1) is 7.81. The molecule has 2 aromatic rings. The van der Waals surface area contributed by atoms with E-state index in [2.05, 4.69) is 41.9 Å². The Labute approximate surface area is 96.3 Å². The summed E-state index contributed by atoms with van der Waals surface area (Å²) < 4.78 is 2.49. The predicted octanol–water partition coefficient (Wildman–Crippen LogP) is 2.62. The predicted molar refractivity (Wildman–Crippen MR) is 67.8 cm³/mol. The van der Waals surface area contributed by atoms with Crippen LogP contribution in [0.2, 0.25) is 0 Å². The first-order valence-electron chi connectivity index (χ1n) is 6.12. The minimum atomic E-state index is 1.02. The molecule has 0 aliphatic carbocycles. The Morgan fingerprint density at radius 3 is 3.06 bits per heavy atom. The smallest absolute Gasteiger partial charge is 0.0486 e. The van der Waals surface area contributed by atoms with Crippen molar-refractivity contribution in [3.8, 4) is 0 Å². The summed E-state index contributed by atoms with van der Waals surface area (Å²) in [5, 5.41) is 4.93. The van der Waals surface area contributed by atoms with Crippen molar-refractivity contribution >= 4 is 10.9 Å². The molecule has 16 heavy (non-hydrogen) atoms. The fourth-order valence-electron chi connectivity index (χ4n) is 2.84. The van der Waals surface area contributed by atoms with Gasteiger partial charge in [0.15, 0.2) is 0 Å². The molecule has 0 spiro atoms. The third-order valence-corrected chi connectivity index (χ3v) is 3.60. The van der Waals surface area contributed by atoms with Gasteiger partial charge in [0, 0.05) is 36.2 Å². The zero-order valence-corrected chi connectivity index (χ0v) is 10.0. The molecule has 0 atom stereocenters. The van der Waals surface area contributed by atoms with Gasteiger partial charge < -0.3 is 9.88 Å². The van der Waals surface area contributed by atoms with Crippen LogP contribution < -0.4 is 5.32 Å². The van der Waals surface area contributed by atoms with Gasteiger partial charge in [-0.25, -0.2) is 0 Å². The lowest BCUT2D eigenvalue weighted by Gasteiger charge is -2.18. The third-order valence-electron chi connectivity index (χ3n) is 3.60. The van der Waals surface area contributed by atoms with Gasteiger partial charge in [0.25, 0.3) is 0 Å². The van der Waals surface area contributed by atoms with Crippen molar-refractivity contribution in [3.63, 3.8) is 0 Å². The van der Waals surface area contributed by atoms with E-state index in [-0.39, 0.29) is 0 Å². The Morgan fingerprint density at radius 1 is 1.38 bits per heavy atom. The van der Waals surface area contributed by atoms with E-state index in [1.807, 2.05) is 0 Å². The molecule has 1 aliphatic heterocycles. The van der Waals surface area contributed by atoms with Crippen LogP contribution in [0.5, 0.6) is 0 Å². The Morgan fingerprint density at radius 2 is 2.25 bits per heavy atom. The lowest BCUT2D eigenvalue weighted by molar-refractivity contribution is 0.523. The molecule has 0 saturated heterocycles. The standard InChI is InChI=1S/C14H18N2/c1-3-11-12-8-10(2)4-5-13(12)16-7-6-15-9-14(11)16/h4-5,8,15H,3,6-7,9H2,1-2H3.